The molecule has 4 rings (SSSR count). The van der Waals surface area contributed by atoms with Gasteiger partial charge in [-0.05, 0) is 44.3 Å². The van der Waals surface area contributed by atoms with Crippen LogP contribution in [-0.2, 0) is 4.79 Å². The number of aromatic nitrogens is 3. The molecule has 1 amide bonds. The Hall–Kier alpha value is -2.52. The molecule has 3 aromatic heterocycles. The zero-order valence-corrected chi connectivity index (χ0v) is 15.2. The lowest BCUT2D eigenvalue weighted by Crippen LogP contribution is -2.38. The Labute approximate surface area is 154 Å². The fourth-order valence-corrected chi connectivity index (χ4v) is 3.68. The van der Waals surface area contributed by atoms with Gasteiger partial charge < -0.3 is 14.3 Å². The summed E-state index contributed by atoms with van der Waals surface area (Å²) in [6.45, 7) is 3.75. The second kappa shape index (κ2) is 7.38. The molecule has 1 aliphatic rings. The van der Waals surface area contributed by atoms with E-state index < -0.39 is 0 Å². The van der Waals surface area contributed by atoms with E-state index in [1.165, 1.54) is 0 Å². The van der Waals surface area contributed by atoms with Gasteiger partial charge in [0.15, 0.2) is 5.82 Å². The number of aryl methyl sites for hydroxylation is 1. The molecule has 0 atom stereocenters. The van der Waals surface area contributed by atoms with E-state index in [1.807, 2.05) is 16.8 Å². The largest absolute Gasteiger partial charge is 0.420 e. The van der Waals surface area contributed by atoms with Crippen molar-refractivity contribution in [3.05, 3.63) is 34.5 Å². The number of carbonyl (C=O) groups is 1. The molecule has 26 heavy (non-hydrogen) atoms. The minimum Gasteiger partial charge on any atom is -0.420 e. The fraction of sp³-hybridized carbons (Fsp3) is 0.412. The smallest absolute Gasteiger partial charge is 0.248 e. The highest BCUT2D eigenvalue weighted by Gasteiger charge is 2.26. The second-order valence-corrected chi connectivity index (χ2v) is 7.16. The topological polar surface area (TPSA) is 97.3 Å². The van der Waals surface area contributed by atoms with E-state index in [9.17, 15) is 4.79 Å². The van der Waals surface area contributed by atoms with Crippen molar-refractivity contribution in [2.45, 2.75) is 25.7 Å². The van der Waals surface area contributed by atoms with Crippen molar-refractivity contribution >= 4 is 23.1 Å². The number of nitrogens with one attached hydrogen (secondary N) is 1. The van der Waals surface area contributed by atoms with Crippen molar-refractivity contribution in [1.82, 2.24) is 20.3 Å². The van der Waals surface area contributed by atoms with Gasteiger partial charge >= 0.3 is 0 Å². The molecule has 1 N–H and O–H groups in total. The summed E-state index contributed by atoms with van der Waals surface area (Å²) in [4.78, 5) is 14.2. The first-order chi connectivity index (χ1) is 12.7. The van der Waals surface area contributed by atoms with Crippen LogP contribution in [0.15, 0.2) is 31.8 Å². The number of likely N-dealkylation sites (tertiary alicyclic amines) is 1. The van der Waals surface area contributed by atoms with Gasteiger partial charge in [-0.15, -0.1) is 10.2 Å². The molecule has 0 saturated carbocycles. The third-order valence-electron chi connectivity index (χ3n) is 4.41. The van der Waals surface area contributed by atoms with Crippen LogP contribution in [0.4, 0.5) is 5.82 Å². The molecule has 1 aliphatic heterocycles. The van der Waals surface area contributed by atoms with Gasteiger partial charge in [-0.25, -0.2) is 0 Å². The number of amides is 1. The van der Waals surface area contributed by atoms with Crippen LogP contribution in [0.2, 0.25) is 0 Å². The maximum Gasteiger partial charge on any atom is 0.248 e. The predicted molar refractivity (Wildman–Crippen MR) is 95.9 cm³/mol. The van der Waals surface area contributed by atoms with E-state index in [-0.39, 0.29) is 11.8 Å². The third-order valence-corrected chi connectivity index (χ3v) is 5.09. The Morgan fingerprint density at radius 1 is 1.38 bits per heavy atom. The van der Waals surface area contributed by atoms with Gasteiger partial charge in [0.2, 0.25) is 17.7 Å². The van der Waals surface area contributed by atoms with E-state index in [4.69, 9.17) is 8.94 Å². The van der Waals surface area contributed by atoms with Crippen molar-refractivity contribution < 1.29 is 13.7 Å². The summed E-state index contributed by atoms with van der Waals surface area (Å²) >= 11 is 1.60. The lowest BCUT2D eigenvalue weighted by molar-refractivity contribution is -0.117. The highest BCUT2D eigenvalue weighted by molar-refractivity contribution is 7.08. The van der Waals surface area contributed by atoms with Gasteiger partial charge in [0, 0.05) is 22.9 Å². The molecule has 3 aromatic rings. The van der Waals surface area contributed by atoms with Gasteiger partial charge in [0.05, 0.1) is 6.54 Å². The monoisotopic (exact) mass is 373 g/mol. The van der Waals surface area contributed by atoms with E-state index in [2.05, 4.69) is 25.6 Å². The van der Waals surface area contributed by atoms with Crippen LogP contribution in [0.25, 0.3) is 11.5 Å². The minimum absolute atomic E-state index is 0.0886. The number of hydrogen-bond acceptors (Lipinski definition) is 8. The van der Waals surface area contributed by atoms with E-state index >= 15 is 0 Å². The molecule has 0 aliphatic carbocycles. The molecule has 1 fully saturated rings. The lowest BCUT2D eigenvalue weighted by atomic mass is 9.97. The number of nitrogens with zero attached hydrogens (tertiary/aromatic N) is 4. The minimum atomic E-state index is -0.0886. The van der Waals surface area contributed by atoms with E-state index in [0.717, 1.165) is 31.5 Å². The number of carbonyl (C=O) groups excluding carboxylic acids is 1. The Morgan fingerprint density at radius 3 is 2.92 bits per heavy atom. The summed E-state index contributed by atoms with van der Waals surface area (Å²) in [6.07, 6.45) is 1.78. The van der Waals surface area contributed by atoms with Crippen LogP contribution >= 0.6 is 11.3 Å². The first-order valence-electron chi connectivity index (χ1n) is 8.49. The Bertz CT molecular complexity index is 865. The van der Waals surface area contributed by atoms with E-state index in [0.29, 0.717) is 29.9 Å². The highest BCUT2D eigenvalue weighted by Crippen LogP contribution is 2.29. The van der Waals surface area contributed by atoms with Crippen molar-refractivity contribution in [3.8, 4) is 11.5 Å². The molecule has 0 radical (unpaired) electrons. The van der Waals surface area contributed by atoms with Crippen LogP contribution in [0.5, 0.6) is 0 Å². The highest BCUT2D eigenvalue weighted by atomic mass is 32.1. The number of hydrogen-bond donors (Lipinski definition) is 1. The standard InChI is InChI=1S/C17H19N5O3S/c1-11-8-14(21-25-11)18-15(23)9-22-5-2-12(3-6-22)16-19-20-17(24-16)13-4-7-26-10-13/h4,7-8,10,12H,2-3,5-6,9H2,1H3,(H,18,21,23). The maximum atomic E-state index is 12.1. The SMILES string of the molecule is Cc1cc(NC(=O)CN2CCC(c3nnc(-c4ccsc4)o3)CC2)no1. The molecule has 4 heterocycles. The number of rotatable bonds is 5. The Morgan fingerprint density at radius 2 is 2.23 bits per heavy atom. The van der Waals surface area contributed by atoms with Crippen LogP contribution in [0.3, 0.4) is 0 Å². The number of anilines is 1. The van der Waals surface area contributed by atoms with E-state index in [1.54, 1.807) is 24.3 Å². The molecule has 0 bridgehead atoms. The molecule has 0 spiro atoms. The molecule has 136 valence electrons. The summed E-state index contributed by atoms with van der Waals surface area (Å²) in [6, 6.07) is 3.67. The molecule has 9 heteroatoms. The summed E-state index contributed by atoms with van der Waals surface area (Å²) in [5.41, 5.74) is 0.964. The number of thiophene rings is 1. The van der Waals surface area contributed by atoms with Crippen molar-refractivity contribution in [3.63, 3.8) is 0 Å². The normalized spacial score (nSPS) is 16.0. The summed E-state index contributed by atoms with van der Waals surface area (Å²) < 4.78 is 10.8. The first-order valence-corrected chi connectivity index (χ1v) is 9.43. The molecular weight excluding hydrogens is 354 g/mol. The van der Waals surface area contributed by atoms with Crippen molar-refractivity contribution in [2.24, 2.45) is 0 Å². The van der Waals surface area contributed by atoms with Crippen LogP contribution < -0.4 is 5.32 Å². The van der Waals surface area contributed by atoms with Crippen molar-refractivity contribution in [2.75, 3.05) is 25.0 Å². The predicted octanol–water partition coefficient (Wildman–Crippen LogP) is 2.91. The van der Waals surface area contributed by atoms with Gasteiger partial charge in [0.25, 0.3) is 0 Å². The van der Waals surface area contributed by atoms with Crippen LogP contribution in [0.1, 0.15) is 30.4 Å². The second-order valence-electron chi connectivity index (χ2n) is 6.38. The molecular formula is C17H19N5O3S. The van der Waals surface area contributed by atoms with Gasteiger partial charge in [0.1, 0.15) is 5.76 Å². The number of piperidine rings is 1. The van der Waals surface area contributed by atoms with Gasteiger partial charge in [-0.1, -0.05) is 5.16 Å². The Balaban J connectivity index is 1.28. The average Bonchev–Trinajstić information content (AvgIpc) is 3.36. The van der Waals surface area contributed by atoms with Gasteiger partial charge in [-0.2, -0.15) is 11.3 Å². The van der Waals surface area contributed by atoms with Gasteiger partial charge in [-0.3, -0.25) is 9.69 Å². The zero-order chi connectivity index (χ0) is 17.9. The zero-order valence-electron chi connectivity index (χ0n) is 14.3. The average molecular weight is 373 g/mol. The summed E-state index contributed by atoms with van der Waals surface area (Å²) in [7, 11) is 0. The van der Waals surface area contributed by atoms with Crippen molar-refractivity contribution in [1.29, 1.82) is 0 Å². The van der Waals surface area contributed by atoms with Crippen LogP contribution in [-0.4, -0.2) is 45.8 Å². The molecule has 0 aromatic carbocycles. The lowest BCUT2D eigenvalue weighted by Gasteiger charge is -2.29. The first kappa shape index (κ1) is 16.9. The third kappa shape index (κ3) is 3.83. The summed E-state index contributed by atoms with van der Waals surface area (Å²) in [5, 5.41) is 18.9. The fourth-order valence-electron chi connectivity index (χ4n) is 3.05. The summed E-state index contributed by atoms with van der Waals surface area (Å²) in [5.74, 6) is 2.54. The van der Waals surface area contributed by atoms with Crippen LogP contribution in [0, 0.1) is 6.92 Å². The molecule has 8 nitrogen and oxygen atoms in total. The maximum absolute atomic E-state index is 12.1. The quantitative estimate of drug-likeness (QED) is 0.734. The Kier molecular flexibility index (Phi) is 4.81. The molecule has 0 unspecified atom stereocenters. The molecule has 1 saturated heterocycles.